The number of nitrogens with one attached hydrogen (secondary N) is 1. The molecule has 3 heterocycles. The van der Waals surface area contributed by atoms with Gasteiger partial charge in [-0.1, -0.05) is 30.3 Å². The fraction of sp³-hybridized carbons (Fsp3) is 0.423. The van der Waals surface area contributed by atoms with Crippen molar-refractivity contribution in [1.82, 2.24) is 20.0 Å². The summed E-state index contributed by atoms with van der Waals surface area (Å²) in [6.07, 6.45) is -3.81. The molecule has 192 valence electrons. The van der Waals surface area contributed by atoms with Crippen molar-refractivity contribution < 1.29 is 22.7 Å². The molecule has 36 heavy (non-hydrogen) atoms. The fourth-order valence-electron chi connectivity index (χ4n) is 5.21. The summed E-state index contributed by atoms with van der Waals surface area (Å²) in [5.74, 6) is -1.97. The SMILES string of the molecule is OC(CN1CCN(c2ccc(F)cc2)CC1)Cn1ncc2c1C(C(F)(F)F)CNC2c1ccccc1. The summed E-state index contributed by atoms with van der Waals surface area (Å²) in [5.41, 5.74) is 2.43. The normalized spacial score (nSPS) is 21.9. The highest BCUT2D eigenvalue weighted by Gasteiger charge is 2.47. The number of benzene rings is 2. The van der Waals surface area contributed by atoms with Gasteiger partial charge in [-0.25, -0.2) is 4.39 Å². The summed E-state index contributed by atoms with van der Waals surface area (Å²) in [6, 6.07) is 15.3. The van der Waals surface area contributed by atoms with Crippen molar-refractivity contribution in [3.63, 3.8) is 0 Å². The first-order valence-electron chi connectivity index (χ1n) is 12.1. The van der Waals surface area contributed by atoms with Gasteiger partial charge in [-0.2, -0.15) is 18.3 Å². The van der Waals surface area contributed by atoms with E-state index in [0.717, 1.165) is 24.3 Å². The van der Waals surface area contributed by atoms with Gasteiger partial charge < -0.3 is 15.3 Å². The van der Waals surface area contributed by atoms with E-state index in [2.05, 4.69) is 20.2 Å². The van der Waals surface area contributed by atoms with E-state index in [1.807, 2.05) is 30.3 Å². The predicted octanol–water partition coefficient (Wildman–Crippen LogP) is 3.54. The van der Waals surface area contributed by atoms with Gasteiger partial charge in [0.15, 0.2) is 0 Å². The average molecular weight is 504 g/mol. The van der Waals surface area contributed by atoms with Crippen LogP contribution in [0.15, 0.2) is 60.8 Å². The third kappa shape index (κ3) is 5.25. The molecular formula is C26H29F4N5O. The lowest BCUT2D eigenvalue weighted by Gasteiger charge is -2.37. The molecule has 0 amide bonds. The van der Waals surface area contributed by atoms with Crippen LogP contribution in [0.4, 0.5) is 23.2 Å². The second-order valence-electron chi connectivity index (χ2n) is 9.43. The standard InChI is InChI=1S/C26H29F4N5O/c27-19-6-8-20(9-7-19)34-12-10-33(11-13-34)16-21(36)17-35-25-22(14-32-35)24(18-4-2-1-3-5-18)31-15-23(25)26(28,29)30/h1-9,14,21,23-24,31,36H,10-13,15-17H2. The summed E-state index contributed by atoms with van der Waals surface area (Å²) in [4.78, 5) is 4.24. The monoisotopic (exact) mass is 503 g/mol. The van der Waals surface area contributed by atoms with Gasteiger partial charge in [0.1, 0.15) is 11.7 Å². The van der Waals surface area contributed by atoms with Crippen molar-refractivity contribution in [2.75, 3.05) is 44.2 Å². The summed E-state index contributed by atoms with van der Waals surface area (Å²) >= 11 is 0. The van der Waals surface area contributed by atoms with E-state index in [1.54, 1.807) is 12.1 Å². The van der Waals surface area contributed by atoms with Gasteiger partial charge in [-0.05, 0) is 29.8 Å². The van der Waals surface area contributed by atoms with Crippen molar-refractivity contribution in [3.05, 3.63) is 83.4 Å². The molecule has 3 unspecified atom stereocenters. The molecular weight excluding hydrogens is 474 g/mol. The summed E-state index contributed by atoms with van der Waals surface area (Å²) < 4.78 is 56.3. The van der Waals surface area contributed by atoms with E-state index in [9.17, 15) is 22.7 Å². The molecule has 3 atom stereocenters. The fourth-order valence-corrected chi connectivity index (χ4v) is 5.21. The van der Waals surface area contributed by atoms with Crippen LogP contribution in [0, 0.1) is 5.82 Å². The highest BCUT2D eigenvalue weighted by molar-refractivity contribution is 5.46. The minimum atomic E-state index is -4.43. The van der Waals surface area contributed by atoms with Crippen molar-refractivity contribution in [2.24, 2.45) is 0 Å². The molecule has 0 bridgehead atoms. The van der Waals surface area contributed by atoms with Crippen molar-refractivity contribution in [3.8, 4) is 0 Å². The third-order valence-corrected chi connectivity index (χ3v) is 7.02. The molecule has 0 radical (unpaired) electrons. The van der Waals surface area contributed by atoms with Gasteiger partial charge in [-0.15, -0.1) is 0 Å². The van der Waals surface area contributed by atoms with Crippen LogP contribution >= 0.6 is 0 Å². The number of aromatic nitrogens is 2. The number of rotatable bonds is 6. The van der Waals surface area contributed by atoms with Crippen LogP contribution in [0.1, 0.15) is 28.8 Å². The van der Waals surface area contributed by atoms with E-state index < -0.39 is 18.2 Å². The number of anilines is 1. The molecule has 3 aromatic rings. The molecule has 1 fully saturated rings. The lowest BCUT2D eigenvalue weighted by molar-refractivity contribution is -0.152. The molecule has 2 N–H and O–H groups in total. The van der Waals surface area contributed by atoms with Crippen LogP contribution in [-0.4, -0.2) is 71.3 Å². The molecule has 0 spiro atoms. The Balaban J connectivity index is 1.26. The van der Waals surface area contributed by atoms with Gasteiger partial charge in [0.05, 0.1) is 30.6 Å². The molecule has 6 nitrogen and oxygen atoms in total. The maximum Gasteiger partial charge on any atom is 0.398 e. The molecule has 2 aliphatic rings. The van der Waals surface area contributed by atoms with Gasteiger partial charge in [-0.3, -0.25) is 9.58 Å². The highest BCUT2D eigenvalue weighted by atomic mass is 19.4. The number of aliphatic hydroxyl groups excluding tert-OH is 1. The zero-order valence-corrected chi connectivity index (χ0v) is 19.7. The first-order chi connectivity index (χ1) is 17.3. The van der Waals surface area contributed by atoms with Crippen LogP contribution < -0.4 is 10.2 Å². The second-order valence-corrected chi connectivity index (χ2v) is 9.43. The lowest BCUT2D eigenvalue weighted by atomic mass is 9.88. The quantitative estimate of drug-likeness (QED) is 0.504. The Morgan fingerprint density at radius 2 is 1.67 bits per heavy atom. The van der Waals surface area contributed by atoms with Gasteiger partial charge >= 0.3 is 6.18 Å². The zero-order valence-electron chi connectivity index (χ0n) is 19.7. The van der Waals surface area contributed by atoms with Crippen LogP contribution in [-0.2, 0) is 6.54 Å². The Morgan fingerprint density at radius 1 is 0.972 bits per heavy atom. The molecule has 5 rings (SSSR count). The number of β-amino-alcohol motifs (C(OH)–C–C–N with tert-alkyl or cyclic N) is 1. The molecule has 2 aliphatic heterocycles. The molecule has 2 aromatic carbocycles. The topological polar surface area (TPSA) is 56.6 Å². The number of fused-ring (bicyclic) bond motifs is 1. The van der Waals surface area contributed by atoms with Crippen LogP contribution in [0.2, 0.25) is 0 Å². The molecule has 0 saturated carbocycles. The maximum absolute atomic E-state index is 13.9. The van der Waals surface area contributed by atoms with Gasteiger partial charge in [0.2, 0.25) is 0 Å². The Labute approximate surface area is 207 Å². The Kier molecular flexibility index (Phi) is 7.00. The lowest BCUT2D eigenvalue weighted by Crippen LogP contribution is -2.49. The van der Waals surface area contributed by atoms with Gasteiger partial charge in [0.25, 0.3) is 0 Å². The minimum Gasteiger partial charge on any atom is -0.390 e. The van der Waals surface area contributed by atoms with E-state index in [1.165, 1.54) is 23.0 Å². The van der Waals surface area contributed by atoms with E-state index in [4.69, 9.17) is 0 Å². The molecule has 1 saturated heterocycles. The van der Waals surface area contributed by atoms with Crippen LogP contribution in [0.3, 0.4) is 0 Å². The average Bonchev–Trinajstić information content (AvgIpc) is 3.28. The third-order valence-electron chi connectivity index (χ3n) is 7.02. The number of aliphatic hydroxyl groups is 1. The van der Waals surface area contributed by atoms with Crippen molar-refractivity contribution in [2.45, 2.75) is 30.8 Å². The Morgan fingerprint density at radius 3 is 2.33 bits per heavy atom. The first-order valence-corrected chi connectivity index (χ1v) is 12.1. The number of piperazine rings is 1. The Hall–Kier alpha value is -2.95. The van der Waals surface area contributed by atoms with E-state index in [-0.39, 0.29) is 30.6 Å². The summed E-state index contributed by atoms with van der Waals surface area (Å²) in [5, 5.41) is 18.1. The number of halogens is 4. The van der Waals surface area contributed by atoms with E-state index in [0.29, 0.717) is 25.2 Å². The Bertz CT molecular complexity index is 1140. The molecule has 0 aliphatic carbocycles. The highest BCUT2D eigenvalue weighted by Crippen LogP contribution is 2.42. The van der Waals surface area contributed by atoms with Crippen LogP contribution in [0.25, 0.3) is 0 Å². The second kappa shape index (κ2) is 10.2. The van der Waals surface area contributed by atoms with Crippen molar-refractivity contribution in [1.29, 1.82) is 0 Å². The predicted molar refractivity (Wildman–Crippen MR) is 128 cm³/mol. The minimum absolute atomic E-state index is 0.0123. The van der Waals surface area contributed by atoms with E-state index >= 15 is 0 Å². The van der Waals surface area contributed by atoms with Gasteiger partial charge in [0, 0.05) is 50.5 Å². The smallest absolute Gasteiger partial charge is 0.390 e. The molecule has 1 aromatic heterocycles. The number of hydrogen-bond donors (Lipinski definition) is 2. The molecule has 10 heteroatoms. The summed E-state index contributed by atoms with van der Waals surface area (Å²) in [6.45, 7) is 2.90. The number of alkyl halides is 3. The van der Waals surface area contributed by atoms with Crippen LogP contribution in [0.5, 0.6) is 0 Å². The largest absolute Gasteiger partial charge is 0.398 e. The summed E-state index contributed by atoms with van der Waals surface area (Å²) in [7, 11) is 0. The first kappa shape index (κ1) is 24.7. The zero-order chi connectivity index (χ0) is 25.3. The number of nitrogens with zero attached hydrogens (tertiary/aromatic N) is 4. The van der Waals surface area contributed by atoms with Crippen molar-refractivity contribution >= 4 is 5.69 Å². The number of hydrogen-bond acceptors (Lipinski definition) is 5. The maximum atomic E-state index is 13.9.